The summed E-state index contributed by atoms with van der Waals surface area (Å²) in [6.07, 6.45) is 2.19. The van der Waals surface area contributed by atoms with Gasteiger partial charge < -0.3 is 10.6 Å². The van der Waals surface area contributed by atoms with Gasteiger partial charge in [-0.1, -0.05) is 69.6 Å². The minimum Gasteiger partial charge on any atom is -0.380 e. The smallest absolute Gasteiger partial charge is 0.0640 e. The molecule has 0 spiro atoms. The van der Waals surface area contributed by atoms with Crippen LogP contribution in [0.15, 0.2) is 36.4 Å². The molecule has 0 aromatic heterocycles. The largest absolute Gasteiger partial charge is 0.380 e. The fourth-order valence-corrected chi connectivity index (χ4v) is 4.04. The third kappa shape index (κ3) is 7.69. The number of benzene rings is 2. The van der Waals surface area contributed by atoms with Crippen LogP contribution in [0.5, 0.6) is 0 Å². The van der Waals surface area contributed by atoms with Crippen molar-refractivity contribution < 1.29 is 0 Å². The Balaban J connectivity index is 1.96. The van der Waals surface area contributed by atoms with Crippen molar-refractivity contribution in [1.29, 1.82) is 0 Å². The Hall–Kier alpha value is -1.16. The Morgan fingerprint density at radius 1 is 0.964 bits per heavy atom. The van der Waals surface area contributed by atoms with E-state index in [0.717, 1.165) is 42.5 Å². The molecular formula is C24H35ClN2S. The maximum atomic E-state index is 6.48. The molecule has 0 unspecified atom stereocenters. The fourth-order valence-electron chi connectivity index (χ4n) is 2.98. The molecule has 0 atom stereocenters. The van der Waals surface area contributed by atoms with E-state index in [1.807, 2.05) is 17.8 Å². The molecule has 2 nitrogen and oxygen atoms in total. The van der Waals surface area contributed by atoms with Gasteiger partial charge in [-0.25, -0.2) is 0 Å². The molecular weight excluding hydrogens is 384 g/mol. The van der Waals surface area contributed by atoms with E-state index in [0.29, 0.717) is 4.75 Å². The van der Waals surface area contributed by atoms with Gasteiger partial charge in [-0.05, 0) is 61.2 Å². The first-order valence-electron chi connectivity index (χ1n) is 10.2. The zero-order chi connectivity index (χ0) is 20.6. The van der Waals surface area contributed by atoms with Crippen LogP contribution < -0.4 is 10.6 Å². The Morgan fingerprint density at radius 2 is 1.64 bits per heavy atom. The summed E-state index contributed by atoms with van der Waals surface area (Å²) < 4.78 is 0.297. The van der Waals surface area contributed by atoms with Gasteiger partial charge in [-0.2, -0.15) is 11.8 Å². The van der Waals surface area contributed by atoms with E-state index >= 15 is 0 Å². The third-order valence-corrected chi connectivity index (χ3v) is 6.35. The maximum Gasteiger partial charge on any atom is 0.0640 e. The molecule has 2 rings (SSSR count). The zero-order valence-electron chi connectivity index (χ0n) is 18.0. The molecule has 154 valence electrons. The Morgan fingerprint density at radius 3 is 2.29 bits per heavy atom. The van der Waals surface area contributed by atoms with Gasteiger partial charge in [0.15, 0.2) is 0 Å². The lowest BCUT2D eigenvalue weighted by atomic mass is 10.0. The number of halogens is 1. The van der Waals surface area contributed by atoms with Gasteiger partial charge in [0.2, 0.25) is 0 Å². The predicted octanol–water partition coefficient (Wildman–Crippen LogP) is 6.83. The quantitative estimate of drug-likeness (QED) is 0.413. The molecule has 0 amide bonds. The molecule has 0 aliphatic carbocycles. The number of nitrogens with one attached hydrogen (secondary N) is 2. The predicted molar refractivity (Wildman–Crippen MR) is 128 cm³/mol. The molecule has 0 aliphatic rings. The third-order valence-electron chi connectivity index (χ3n) is 4.69. The molecule has 2 N–H and O–H groups in total. The van der Waals surface area contributed by atoms with Crippen LogP contribution in [-0.2, 0) is 18.7 Å². The Labute approximate surface area is 180 Å². The summed E-state index contributed by atoms with van der Waals surface area (Å²) in [5.74, 6) is 1.05. The van der Waals surface area contributed by atoms with Crippen molar-refractivity contribution in [2.24, 2.45) is 0 Å². The second-order valence-electron chi connectivity index (χ2n) is 8.28. The summed E-state index contributed by atoms with van der Waals surface area (Å²) >= 11 is 8.46. The average Bonchev–Trinajstić information content (AvgIpc) is 2.65. The lowest BCUT2D eigenvalue weighted by Gasteiger charge is -2.18. The van der Waals surface area contributed by atoms with Gasteiger partial charge in [0, 0.05) is 17.0 Å². The Kier molecular flexibility index (Phi) is 9.20. The van der Waals surface area contributed by atoms with Crippen LogP contribution in [0.25, 0.3) is 0 Å². The fraction of sp³-hybridized carbons (Fsp3) is 0.500. The van der Waals surface area contributed by atoms with Crippen molar-refractivity contribution in [3.8, 4) is 0 Å². The highest BCUT2D eigenvalue weighted by Crippen LogP contribution is 2.30. The van der Waals surface area contributed by atoms with E-state index in [9.17, 15) is 0 Å². The molecule has 2 aromatic rings. The van der Waals surface area contributed by atoms with Crippen molar-refractivity contribution in [1.82, 2.24) is 5.32 Å². The minimum atomic E-state index is 0.297. The molecule has 4 heteroatoms. The van der Waals surface area contributed by atoms with Gasteiger partial charge in [0.05, 0.1) is 10.7 Å². The van der Waals surface area contributed by atoms with E-state index in [1.165, 1.54) is 28.7 Å². The first-order chi connectivity index (χ1) is 13.3. The molecule has 0 saturated heterocycles. The molecule has 2 aromatic carbocycles. The first kappa shape index (κ1) is 23.1. The van der Waals surface area contributed by atoms with Crippen molar-refractivity contribution in [2.45, 2.75) is 64.5 Å². The molecule has 28 heavy (non-hydrogen) atoms. The van der Waals surface area contributed by atoms with Gasteiger partial charge in [0.1, 0.15) is 0 Å². The standard InChI is InChI=1S/C24H35ClN2S/c1-6-14-26-15-13-21-11-12-22(25)23(18(21)2)27-16-19-7-9-20(10-8-19)17-28-24(3,4)5/h7-12,26-27H,6,13-17H2,1-5H3. The SMILES string of the molecule is CCCNCCc1ccc(Cl)c(NCc2ccc(CSC(C)(C)C)cc2)c1C. The van der Waals surface area contributed by atoms with Crippen molar-refractivity contribution in [3.05, 3.63) is 63.7 Å². The number of thioether (sulfide) groups is 1. The molecule has 0 bridgehead atoms. The van der Waals surface area contributed by atoms with Crippen molar-refractivity contribution in [3.63, 3.8) is 0 Å². The van der Waals surface area contributed by atoms with Crippen LogP contribution in [-0.4, -0.2) is 17.8 Å². The monoisotopic (exact) mass is 418 g/mol. The van der Waals surface area contributed by atoms with E-state index in [1.54, 1.807) is 0 Å². The summed E-state index contributed by atoms with van der Waals surface area (Å²) in [7, 11) is 0. The summed E-state index contributed by atoms with van der Waals surface area (Å²) in [5, 5.41) is 7.82. The number of rotatable bonds is 10. The van der Waals surface area contributed by atoms with Crippen LogP contribution in [0.1, 0.15) is 56.4 Å². The van der Waals surface area contributed by atoms with Crippen LogP contribution in [0.2, 0.25) is 5.02 Å². The second-order valence-corrected chi connectivity index (χ2v) is 10.5. The van der Waals surface area contributed by atoms with Crippen molar-refractivity contribution >= 4 is 29.1 Å². The van der Waals surface area contributed by atoms with Gasteiger partial charge in [-0.3, -0.25) is 0 Å². The van der Waals surface area contributed by atoms with E-state index in [-0.39, 0.29) is 0 Å². The van der Waals surface area contributed by atoms with Gasteiger partial charge in [0.25, 0.3) is 0 Å². The normalized spacial score (nSPS) is 11.6. The summed E-state index contributed by atoms with van der Waals surface area (Å²) in [6.45, 7) is 14.0. The Bertz CT molecular complexity index is 736. The topological polar surface area (TPSA) is 24.1 Å². The summed E-state index contributed by atoms with van der Waals surface area (Å²) in [6, 6.07) is 13.1. The lowest BCUT2D eigenvalue weighted by molar-refractivity contribution is 0.670. The molecule has 0 fully saturated rings. The molecule has 0 radical (unpaired) electrons. The lowest BCUT2D eigenvalue weighted by Crippen LogP contribution is -2.18. The highest BCUT2D eigenvalue weighted by molar-refractivity contribution is 7.99. The van der Waals surface area contributed by atoms with E-state index in [2.05, 4.69) is 75.6 Å². The minimum absolute atomic E-state index is 0.297. The second kappa shape index (κ2) is 11.1. The van der Waals surface area contributed by atoms with Crippen LogP contribution >= 0.6 is 23.4 Å². The molecule has 0 aliphatic heterocycles. The number of hydrogen-bond acceptors (Lipinski definition) is 3. The zero-order valence-corrected chi connectivity index (χ0v) is 19.6. The molecule has 0 saturated carbocycles. The highest BCUT2D eigenvalue weighted by atomic mass is 35.5. The summed E-state index contributed by atoms with van der Waals surface area (Å²) in [4.78, 5) is 0. The summed E-state index contributed by atoms with van der Waals surface area (Å²) in [5.41, 5.74) is 6.31. The van der Waals surface area contributed by atoms with E-state index < -0.39 is 0 Å². The maximum absolute atomic E-state index is 6.48. The number of anilines is 1. The van der Waals surface area contributed by atoms with Crippen LogP contribution in [0.3, 0.4) is 0 Å². The van der Waals surface area contributed by atoms with E-state index in [4.69, 9.17) is 11.6 Å². The van der Waals surface area contributed by atoms with Crippen LogP contribution in [0, 0.1) is 6.92 Å². The molecule has 0 heterocycles. The highest BCUT2D eigenvalue weighted by Gasteiger charge is 2.11. The van der Waals surface area contributed by atoms with Gasteiger partial charge in [-0.15, -0.1) is 0 Å². The van der Waals surface area contributed by atoms with Crippen molar-refractivity contribution in [2.75, 3.05) is 18.4 Å². The average molecular weight is 419 g/mol. The van der Waals surface area contributed by atoms with Crippen LogP contribution in [0.4, 0.5) is 5.69 Å². The van der Waals surface area contributed by atoms with Gasteiger partial charge >= 0.3 is 0 Å². The number of hydrogen-bond donors (Lipinski definition) is 2. The first-order valence-corrected chi connectivity index (χ1v) is 11.6.